The third-order valence-corrected chi connectivity index (χ3v) is 6.74. The minimum absolute atomic E-state index is 0.0641. The summed E-state index contributed by atoms with van der Waals surface area (Å²) in [6.07, 6.45) is 11.2. The number of piperidine rings is 1. The molecule has 1 amide bonds. The average molecular weight is 480 g/mol. The number of nitrogens with zero attached hydrogens (tertiary/aromatic N) is 3. The number of aromatic nitrogens is 2. The summed E-state index contributed by atoms with van der Waals surface area (Å²) < 4.78 is 5.27. The number of hydrogen-bond acceptors (Lipinski definition) is 6. The van der Waals surface area contributed by atoms with E-state index in [1.54, 1.807) is 25.6 Å². The lowest BCUT2D eigenvalue weighted by Gasteiger charge is -2.39. The van der Waals surface area contributed by atoms with Crippen molar-refractivity contribution in [3.05, 3.63) is 53.1 Å². The Morgan fingerprint density at radius 1 is 1.26 bits per heavy atom. The van der Waals surface area contributed by atoms with Crippen LogP contribution in [0, 0.1) is 5.92 Å². The van der Waals surface area contributed by atoms with Gasteiger partial charge >= 0.3 is 0 Å². The van der Waals surface area contributed by atoms with Crippen LogP contribution in [-0.2, 0) is 4.79 Å². The second kappa shape index (κ2) is 11.5. The fraction of sp³-hybridized carbons (Fsp3) is 0.519. The van der Waals surface area contributed by atoms with E-state index < -0.39 is 0 Å². The normalized spacial score (nSPS) is 16.7. The van der Waals surface area contributed by atoms with Crippen molar-refractivity contribution < 1.29 is 9.53 Å². The van der Waals surface area contributed by atoms with Crippen LogP contribution < -0.4 is 20.5 Å². The number of hydrogen-bond donors (Lipinski definition) is 2. The van der Waals surface area contributed by atoms with E-state index in [1.807, 2.05) is 29.2 Å². The molecule has 8 nitrogen and oxygen atoms in total. The summed E-state index contributed by atoms with van der Waals surface area (Å²) in [5.74, 6) is 1.24. The fourth-order valence-electron chi connectivity index (χ4n) is 4.54. The second-order valence-electron chi connectivity index (χ2n) is 9.81. The molecule has 1 saturated heterocycles. The summed E-state index contributed by atoms with van der Waals surface area (Å²) in [5.41, 5.74) is 2.50. The molecule has 2 N–H and O–H groups in total. The van der Waals surface area contributed by atoms with Gasteiger partial charge in [-0.2, -0.15) is 0 Å². The first-order chi connectivity index (χ1) is 16.9. The molecule has 35 heavy (non-hydrogen) atoms. The second-order valence-corrected chi connectivity index (χ2v) is 9.81. The standard InChI is InChI=1S/C27H37N5O3/c1-19(2)28-11-4-5-26(33)31-13-9-23(10-14-31)32(18-20-6-7-20)24-15-22(17-30-27(24)34)21-8-12-29-25(16-21)35-3/h4-5,8,12,15-17,19-20,23,28H,6-7,9-11,13-14,18H2,1-3H3,(H,30,34)/b5-4+. The molecule has 0 unspecified atom stereocenters. The summed E-state index contributed by atoms with van der Waals surface area (Å²) >= 11 is 0. The molecule has 8 heteroatoms. The van der Waals surface area contributed by atoms with E-state index in [-0.39, 0.29) is 17.5 Å². The number of nitrogens with one attached hydrogen (secondary N) is 2. The Balaban J connectivity index is 1.47. The summed E-state index contributed by atoms with van der Waals surface area (Å²) in [7, 11) is 1.59. The first-order valence-electron chi connectivity index (χ1n) is 12.6. The molecule has 0 atom stereocenters. The molecular formula is C27H37N5O3. The number of carbonyl (C=O) groups is 1. The lowest BCUT2D eigenvalue weighted by Crippen LogP contribution is -2.48. The number of aromatic amines is 1. The van der Waals surface area contributed by atoms with E-state index in [2.05, 4.69) is 34.0 Å². The zero-order valence-electron chi connectivity index (χ0n) is 21.0. The average Bonchev–Trinajstić information content (AvgIpc) is 3.70. The van der Waals surface area contributed by atoms with E-state index >= 15 is 0 Å². The fourth-order valence-corrected chi connectivity index (χ4v) is 4.54. The minimum atomic E-state index is -0.0745. The zero-order valence-corrected chi connectivity index (χ0v) is 21.0. The van der Waals surface area contributed by atoms with Gasteiger partial charge in [0, 0.05) is 68.4 Å². The highest BCUT2D eigenvalue weighted by molar-refractivity contribution is 5.87. The number of ether oxygens (including phenoxy) is 1. The molecule has 0 aromatic carbocycles. The van der Waals surface area contributed by atoms with Crippen LogP contribution >= 0.6 is 0 Å². The van der Waals surface area contributed by atoms with Crippen LogP contribution in [0.5, 0.6) is 5.88 Å². The van der Waals surface area contributed by atoms with Gasteiger partial charge in [0.15, 0.2) is 0 Å². The van der Waals surface area contributed by atoms with Crippen molar-refractivity contribution in [2.24, 2.45) is 5.92 Å². The molecule has 0 bridgehead atoms. The van der Waals surface area contributed by atoms with Gasteiger partial charge in [0.25, 0.3) is 5.56 Å². The monoisotopic (exact) mass is 479 g/mol. The van der Waals surface area contributed by atoms with Crippen LogP contribution in [0.3, 0.4) is 0 Å². The van der Waals surface area contributed by atoms with Crippen LogP contribution in [0.4, 0.5) is 5.69 Å². The number of carbonyl (C=O) groups excluding carboxylic acids is 1. The first kappa shape index (κ1) is 25.0. The Kier molecular flexibility index (Phi) is 8.23. The van der Waals surface area contributed by atoms with Gasteiger partial charge in [0.1, 0.15) is 5.69 Å². The highest BCUT2D eigenvalue weighted by Crippen LogP contribution is 2.34. The predicted octanol–water partition coefficient (Wildman–Crippen LogP) is 3.21. The number of anilines is 1. The lowest BCUT2D eigenvalue weighted by atomic mass is 10.0. The molecule has 2 aromatic rings. The molecule has 2 aliphatic rings. The van der Waals surface area contributed by atoms with Gasteiger partial charge in [-0.05, 0) is 49.3 Å². The number of methoxy groups -OCH3 is 1. The molecule has 0 spiro atoms. The SMILES string of the molecule is COc1cc(-c2c[nH]c(=O)c(N(CC3CC3)C3CCN(C(=O)/C=C/CNC(C)C)CC3)c2)ccn1. The summed E-state index contributed by atoms with van der Waals surface area (Å²) in [6.45, 7) is 7.14. The maximum Gasteiger partial charge on any atom is 0.271 e. The molecule has 188 valence electrons. The Hall–Kier alpha value is -3.13. The number of H-pyrrole nitrogens is 1. The molecule has 3 heterocycles. The van der Waals surface area contributed by atoms with Crippen molar-refractivity contribution in [1.82, 2.24) is 20.2 Å². The summed E-state index contributed by atoms with van der Waals surface area (Å²) in [6, 6.07) is 6.40. The van der Waals surface area contributed by atoms with E-state index in [0.717, 1.165) is 30.5 Å². The molecule has 4 rings (SSSR count). The Bertz CT molecular complexity index is 1080. The van der Waals surface area contributed by atoms with Gasteiger partial charge < -0.3 is 24.8 Å². The largest absolute Gasteiger partial charge is 0.481 e. The number of rotatable bonds is 10. The lowest BCUT2D eigenvalue weighted by molar-refractivity contribution is -0.127. The summed E-state index contributed by atoms with van der Waals surface area (Å²) in [5, 5.41) is 3.29. The van der Waals surface area contributed by atoms with E-state index in [4.69, 9.17) is 4.74 Å². The molecule has 1 saturated carbocycles. The third-order valence-electron chi connectivity index (χ3n) is 6.74. The quantitative estimate of drug-likeness (QED) is 0.509. The van der Waals surface area contributed by atoms with Gasteiger partial charge in [-0.1, -0.05) is 19.9 Å². The van der Waals surface area contributed by atoms with Crippen LogP contribution in [0.2, 0.25) is 0 Å². The Morgan fingerprint density at radius 3 is 2.71 bits per heavy atom. The third kappa shape index (κ3) is 6.72. The van der Waals surface area contributed by atoms with Crippen LogP contribution in [0.15, 0.2) is 47.5 Å². The van der Waals surface area contributed by atoms with E-state index in [0.29, 0.717) is 43.2 Å². The molecule has 1 aliphatic heterocycles. The van der Waals surface area contributed by atoms with Crippen molar-refractivity contribution in [1.29, 1.82) is 0 Å². The van der Waals surface area contributed by atoms with Crippen molar-refractivity contribution >= 4 is 11.6 Å². The van der Waals surface area contributed by atoms with Gasteiger partial charge in [-0.15, -0.1) is 0 Å². The number of pyridine rings is 2. The van der Waals surface area contributed by atoms with Gasteiger partial charge in [-0.25, -0.2) is 4.98 Å². The Labute approximate surface area is 207 Å². The highest BCUT2D eigenvalue weighted by Gasteiger charge is 2.32. The highest BCUT2D eigenvalue weighted by atomic mass is 16.5. The van der Waals surface area contributed by atoms with Gasteiger partial charge in [0.2, 0.25) is 11.8 Å². The molecule has 1 aliphatic carbocycles. The maximum atomic E-state index is 13.0. The zero-order chi connectivity index (χ0) is 24.8. The van der Waals surface area contributed by atoms with Crippen molar-refractivity contribution in [2.45, 2.75) is 51.6 Å². The Morgan fingerprint density at radius 2 is 2.03 bits per heavy atom. The smallest absolute Gasteiger partial charge is 0.271 e. The van der Waals surface area contributed by atoms with Crippen molar-refractivity contribution in [2.75, 3.05) is 38.2 Å². The minimum Gasteiger partial charge on any atom is -0.481 e. The molecule has 2 fully saturated rings. The predicted molar refractivity (Wildman–Crippen MR) is 139 cm³/mol. The first-order valence-corrected chi connectivity index (χ1v) is 12.6. The summed E-state index contributed by atoms with van der Waals surface area (Å²) in [4.78, 5) is 36.9. The van der Waals surface area contributed by atoms with E-state index in [1.165, 1.54) is 12.8 Å². The van der Waals surface area contributed by atoms with Crippen LogP contribution in [-0.4, -0.2) is 66.1 Å². The number of likely N-dealkylation sites (tertiary alicyclic amines) is 1. The van der Waals surface area contributed by atoms with Gasteiger partial charge in [0.05, 0.1) is 7.11 Å². The van der Waals surface area contributed by atoms with E-state index in [9.17, 15) is 9.59 Å². The molecular weight excluding hydrogens is 442 g/mol. The molecule has 2 aromatic heterocycles. The van der Waals surface area contributed by atoms with Crippen LogP contribution in [0.1, 0.15) is 39.5 Å². The van der Waals surface area contributed by atoms with Gasteiger partial charge in [-0.3, -0.25) is 9.59 Å². The van der Waals surface area contributed by atoms with Crippen LogP contribution in [0.25, 0.3) is 11.1 Å². The number of amides is 1. The van der Waals surface area contributed by atoms with Crippen molar-refractivity contribution in [3.8, 4) is 17.0 Å². The topological polar surface area (TPSA) is 90.6 Å². The van der Waals surface area contributed by atoms with Crippen molar-refractivity contribution in [3.63, 3.8) is 0 Å². The maximum absolute atomic E-state index is 13.0. The molecule has 0 radical (unpaired) electrons.